The number of aromatic nitrogens is 2. The minimum absolute atomic E-state index is 0.243. The van der Waals surface area contributed by atoms with Gasteiger partial charge >= 0.3 is 0 Å². The SMILES string of the molecule is CN=C(NCc1ccc(N2CCOC(C)C2)nc1)NCc1cc(C(C)C)no1. The number of aliphatic imine (C=N–C) groups is 1. The summed E-state index contributed by atoms with van der Waals surface area (Å²) < 4.78 is 10.9. The molecule has 0 radical (unpaired) electrons. The van der Waals surface area contributed by atoms with Gasteiger partial charge in [0.1, 0.15) is 5.82 Å². The summed E-state index contributed by atoms with van der Waals surface area (Å²) in [6, 6.07) is 6.13. The van der Waals surface area contributed by atoms with Gasteiger partial charge in [-0.05, 0) is 24.5 Å². The van der Waals surface area contributed by atoms with Gasteiger partial charge in [-0.3, -0.25) is 4.99 Å². The van der Waals surface area contributed by atoms with Crippen LogP contribution in [0.4, 0.5) is 5.82 Å². The summed E-state index contributed by atoms with van der Waals surface area (Å²) in [5.74, 6) is 2.84. The maximum Gasteiger partial charge on any atom is 0.191 e. The van der Waals surface area contributed by atoms with Crippen LogP contribution >= 0.6 is 0 Å². The van der Waals surface area contributed by atoms with Crippen LogP contribution in [0.15, 0.2) is 33.9 Å². The molecule has 152 valence electrons. The summed E-state index contributed by atoms with van der Waals surface area (Å²) in [5, 5.41) is 10.6. The summed E-state index contributed by atoms with van der Waals surface area (Å²) in [5.41, 5.74) is 2.05. The second-order valence-electron chi connectivity index (χ2n) is 7.30. The highest BCUT2D eigenvalue weighted by molar-refractivity contribution is 5.79. The molecule has 3 rings (SSSR count). The van der Waals surface area contributed by atoms with Gasteiger partial charge < -0.3 is 24.8 Å². The van der Waals surface area contributed by atoms with Crippen LogP contribution < -0.4 is 15.5 Å². The normalized spacial score (nSPS) is 17.8. The van der Waals surface area contributed by atoms with Crippen LogP contribution in [0.2, 0.25) is 0 Å². The zero-order valence-electron chi connectivity index (χ0n) is 17.1. The lowest BCUT2D eigenvalue weighted by Crippen LogP contribution is -2.41. The molecule has 2 aromatic rings. The molecule has 3 heterocycles. The molecule has 0 bridgehead atoms. The minimum atomic E-state index is 0.243. The number of guanidine groups is 1. The molecule has 0 aliphatic carbocycles. The zero-order valence-corrected chi connectivity index (χ0v) is 17.1. The number of hydrogen-bond donors (Lipinski definition) is 2. The molecular formula is C20H30N6O2. The standard InChI is InChI=1S/C20H30N6O2/c1-14(2)18-9-17(28-25-18)12-24-20(21-4)23-11-16-5-6-19(22-10-16)26-7-8-27-15(3)13-26/h5-6,9-10,14-15H,7-8,11-13H2,1-4H3,(H2,21,23,24). The molecule has 1 saturated heterocycles. The van der Waals surface area contributed by atoms with E-state index in [4.69, 9.17) is 9.26 Å². The fourth-order valence-electron chi connectivity index (χ4n) is 3.00. The van der Waals surface area contributed by atoms with Crippen LogP contribution in [0.3, 0.4) is 0 Å². The van der Waals surface area contributed by atoms with Gasteiger partial charge in [-0.25, -0.2) is 4.98 Å². The Balaban J connectivity index is 1.47. The average Bonchev–Trinajstić information content (AvgIpc) is 3.18. The van der Waals surface area contributed by atoms with E-state index in [1.165, 1.54) is 0 Å². The molecule has 0 spiro atoms. The Morgan fingerprint density at radius 2 is 2.14 bits per heavy atom. The Morgan fingerprint density at radius 3 is 2.79 bits per heavy atom. The van der Waals surface area contributed by atoms with E-state index in [1.807, 2.05) is 12.3 Å². The monoisotopic (exact) mass is 386 g/mol. The van der Waals surface area contributed by atoms with Crippen LogP contribution in [-0.4, -0.2) is 48.9 Å². The Kier molecular flexibility index (Phi) is 6.86. The molecule has 2 aromatic heterocycles. The smallest absolute Gasteiger partial charge is 0.191 e. The molecule has 1 atom stereocenters. The third-order valence-corrected chi connectivity index (χ3v) is 4.66. The van der Waals surface area contributed by atoms with E-state index in [2.05, 4.69) is 63.6 Å². The number of ether oxygens (including phenoxy) is 1. The maximum atomic E-state index is 5.59. The quantitative estimate of drug-likeness (QED) is 0.582. The summed E-state index contributed by atoms with van der Waals surface area (Å²) in [6.07, 6.45) is 2.15. The van der Waals surface area contributed by atoms with Crippen LogP contribution in [0.25, 0.3) is 0 Å². The topological polar surface area (TPSA) is 87.8 Å². The van der Waals surface area contributed by atoms with E-state index in [-0.39, 0.29) is 6.10 Å². The third-order valence-electron chi connectivity index (χ3n) is 4.66. The molecule has 0 saturated carbocycles. The Bertz CT molecular complexity index is 771. The zero-order chi connectivity index (χ0) is 19.9. The van der Waals surface area contributed by atoms with Crippen molar-refractivity contribution in [2.45, 2.75) is 45.9 Å². The lowest BCUT2D eigenvalue weighted by atomic mass is 10.1. The molecule has 2 N–H and O–H groups in total. The highest BCUT2D eigenvalue weighted by Gasteiger charge is 2.17. The Hall–Kier alpha value is -2.61. The van der Waals surface area contributed by atoms with E-state index >= 15 is 0 Å². The lowest BCUT2D eigenvalue weighted by Gasteiger charge is -2.32. The summed E-state index contributed by atoms with van der Waals surface area (Å²) >= 11 is 0. The van der Waals surface area contributed by atoms with Crippen molar-refractivity contribution in [2.75, 3.05) is 31.6 Å². The van der Waals surface area contributed by atoms with Gasteiger partial charge in [0.25, 0.3) is 0 Å². The summed E-state index contributed by atoms with van der Waals surface area (Å²) in [4.78, 5) is 11.1. The number of hydrogen-bond acceptors (Lipinski definition) is 6. The van der Waals surface area contributed by atoms with Crippen molar-refractivity contribution in [3.05, 3.63) is 41.4 Å². The van der Waals surface area contributed by atoms with Crippen LogP contribution in [0.1, 0.15) is 43.7 Å². The molecule has 8 nitrogen and oxygen atoms in total. The van der Waals surface area contributed by atoms with Crippen molar-refractivity contribution in [1.82, 2.24) is 20.8 Å². The fourth-order valence-corrected chi connectivity index (χ4v) is 3.00. The molecule has 8 heteroatoms. The number of nitrogens with zero attached hydrogens (tertiary/aromatic N) is 4. The van der Waals surface area contributed by atoms with Crippen LogP contribution in [-0.2, 0) is 17.8 Å². The van der Waals surface area contributed by atoms with E-state index in [9.17, 15) is 0 Å². The van der Waals surface area contributed by atoms with Crippen molar-refractivity contribution >= 4 is 11.8 Å². The number of rotatable bonds is 6. The highest BCUT2D eigenvalue weighted by Crippen LogP contribution is 2.16. The second-order valence-corrected chi connectivity index (χ2v) is 7.30. The van der Waals surface area contributed by atoms with Crippen molar-refractivity contribution in [3.63, 3.8) is 0 Å². The molecule has 28 heavy (non-hydrogen) atoms. The molecule has 1 aliphatic heterocycles. The van der Waals surface area contributed by atoms with Gasteiger partial charge in [0.05, 0.1) is 24.9 Å². The molecule has 1 fully saturated rings. The van der Waals surface area contributed by atoms with Gasteiger partial charge in [0, 0.05) is 38.9 Å². The molecular weight excluding hydrogens is 356 g/mol. The number of pyridine rings is 1. The lowest BCUT2D eigenvalue weighted by molar-refractivity contribution is 0.0529. The summed E-state index contributed by atoms with van der Waals surface area (Å²) in [7, 11) is 1.75. The van der Waals surface area contributed by atoms with E-state index in [0.29, 0.717) is 25.0 Å². The molecule has 1 unspecified atom stereocenters. The van der Waals surface area contributed by atoms with Gasteiger partial charge in [0.15, 0.2) is 11.7 Å². The van der Waals surface area contributed by atoms with Gasteiger partial charge in [-0.2, -0.15) is 0 Å². The first-order chi connectivity index (χ1) is 13.5. The third kappa shape index (κ3) is 5.45. The number of morpholine rings is 1. The first-order valence-electron chi connectivity index (χ1n) is 9.76. The van der Waals surface area contributed by atoms with Crippen LogP contribution in [0, 0.1) is 0 Å². The first kappa shape index (κ1) is 20.1. The van der Waals surface area contributed by atoms with Crippen molar-refractivity contribution in [3.8, 4) is 0 Å². The van der Waals surface area contributed by atoms with Crippen molar-refractivity contribution < 1.29 is 9.26 Å². The van der Waals surface area contributed by atoms with Gasteiger partial charge in [0.2, 0.25) is 0 Å². The summed E-state index contributed by atoms with van der Waals surface area (Å²) in [6.45, 7) is 9.95. The minimum Gasteiger partial charge on any atom is -0.375 e. The molecule has 1 aliphatic rings. The number of nitrogens with one attached hydrogen (secondary N) is 2. The maximum absolute atomic E-state index is 5.59. The van der Waals surface area contributed by atoms with E-state index in [0.717, 1.165) is 42.5 Å². The van der Waals surface area contributed by atoms with Crippen molar-refractivity contribution in [1.29, 1.82) is 0 Å². The Labute approximate surface area is 166 Å². The second kappa shape index (κ2) is 9.54. The van der Waals surface area contributed by atoms with Gasteiger partial charge in [-0.15, -0.1) is 0 Å². The van der Waals surface area contributed by atoms with Crippen molar-refractivity contribution in [2.24, 2.45) is 4.99 Å². The number of anilines is 1. The fraction of sp³-hybridized carbons (Fsp3) is 0.550. The van der Waals surface area contributed by atoms with E-state index in [1.54, 1.807) is 7.05 Å². The largest absolute Gasteiger partial charge is 0.375 e. The van der Waals surface area contributed by atoms with Crippen LogP contribution in [0.5, 0.6) is 0 Å². The predicted octanol–water partition coefficient (Wildman–Crippen LogP) is 2.28. The molecule has 0 aromatic carbocycles. The molecule has 0 amide bonds. The first-order valence-corrected chi connectivity index (χ1v) is 9.76. The predicted molar refractivity (Wildman–Crippen MR) is 109 cm³/mol. The highest BCUT2D eigenvalue weighted by atomic mass is 16.5. The van der Waals surface area contributed by atoms with Gasteiger partial charge in [-0.1, -0.05) is 25.1 Å². The average molecular weight is 387 g/mol. The van der Waals surface area contributed by atoms with E-state index < -0.39 is 0 Å². The Morgan fingerprint density at radius 1 is 1.32 bits per heavy atom.